The van der Waals surface area contributed by atoms with Crippen molar-refractivity contribution in [3.63, 3.8) is 0 Å². The minimum Gasteiger partial charge on any atom is -0.478 e. The molecule has 0 amide bonds. The molecular formula is C11H15NO6S3. The summed E-state index contributed by atoms with van der Waals surface area (Å²) in [6.07, 6.45) is 3.25. The van der Waals surface area contributed by atoms with Gasteiger partial charge in [0.1, 0.15) is 0 Å². The molecule has 0 atom stereocenters. The van der Waals surface area contributed by atoms with E-state index in [1.165, 1.54) is 24.5 Å². The molecule has 0 aliphatic rings. The molecule has 0 saturated carbocycles. The van der Waals surface area contributed by atoms with Crippen LogP contribution in [0.5, 0.6) is 0 Å². The maximum atomic E-state index is 11.8. The number of carboxylic acid groups (broad SMARTS) is 1. The Kier molecular flexibility index (Phi) is 5.68. The number of sulfone groups is 1. The molecule has 118 valence electrons. The Morgan fingerprint density at radius 1 is 1.38 bits per heavy atom. The Hall–Kier alpha value is -1.23. The quantitative estimate of drug-likeness (QED) is 0.719. The molecule has 0 aliphatic heterocycles. The number of hydrogen-bond acceptors (Lipinski definition) is 6. The Balaban J connectivity index is 2.80. The van der Waals surface area contributed by atoms with Gasteiger partial charge in [-0.25, -0.2) is 21.6 Å². The third-order valence-electron chi connectivity index (χ3n) is 2.31. The highest BCUT2D eigenvalue weighted by Gasteiger charge is 2.23. The van der Waals surface area contributed by atoms with Gasteiger partial charge in [0, 0.05) is 30.8 Å². The average molecular weight is 353 g/mol. The van der Waals surface area contributed by atoms with Gasteiger partial charge in [-0.2, -0.15) is 4.31 Å². The van der Waals surface area contributed by atoms with Crippen LogP contribution in [0.1, 0.15) is 10.4 Å². The van der Waals surface area contributed by atoms with Crippen LogP contribution in [0, 0.1) is 0 Å². The van der Waals surface area contributed by atoms with Crippen LogP contribution < -0.4 is 0 Å². The third kappa shape index (κ3) is 6.38. The largest absolute Gasteiger partial charge is 0.478 e. The highest BCUT2D eigenvalue weighted by molar-refractivity contribution is 8.06. The van der Waals surface area contributed by atoms with E-state index in [2.05, 4.69) is 0 Å². The van der Waals surface area contributed by atoms with Crippen molar-refractivity contribution in [2.75, 3.05) is 18.4 Å². The molecule has 21 heavy (non-hydrogen) atoms. The van der Waals surface area contributed by atoms with Crippen LogP contribution in [0.15, 0.2) is 17.5 Å². The Morgan fingerprint density at radius 2 is 2.00 bits per heavy atom. The van der Waals surface area contributed by atoms with Gasteiger partial charge in [-0.3, -0.25) is 0 Å². The van der Waals surface area contributed by atoms with E-state index in [-0.39, 0.29) is 6.54 Å². The number of nitrogens with zero attached hydrogens (tertiary/aromatic N) is 1. The van der Waals surface area contributed by atoms with Gasteiger partial charge in [0.05, 0.1) is 0 Å². The van der Waals surface area contributed by atoms with E-state index in [9.17, 15) is 21.6 Å². The molecule has 1 rings (SSSR count). The van der Waals surface area contributed by atoms with Crippen molar-refractivity contribution in [1.82, 2.24) is 4.31 Å². The molecule has 0 aromatic carbocycles. The molecule has 0 unspecified atom stereocenters. The lowest BCUT2D eigenvalue weighted by molar-refractivity contribution is -0.131. The zero-order valence-corrected chi connectivity index (χ0v) is 13.8. The molecule has 10 heteroatoms. The van der Waals surface area contributed by atoms with Crippen LogP contribution >= 0.6 is 11.3 Å². The first-order valence-electron chi connectivity index (χ1n) is 5.60. The van der Waals surface area contributed by atoms with Crippen molar-refractivity contribution < 1.29 is 26.7 Å². The zero-order chi connectivity index (χ0) is 16.3. The second-order valence-corrected chi connectivity index (χ2v) is 9.96. The number of rotatable bonds is 7. The summed E-state index contributed by atoms with van der Waals surface area (Å²) in [6, 6.07) is 1.65. The predicted molar refractivity (Wildman–Crippen MR) is 81.1 cm³/mol. The molecule has 1 aromatic rings. The molecule has 0 spiro atoms. The lowest BCUT2D eigenvalue weighted by Gasteiger charge is -2.15. The first kappa shape index (κ1) is 17.8. The summed E-state index contributed by atoms with van der Waals surface area (Å²) in [6.45, 7) is 0.0231. The van der Waals surface area contributed by atoms with Gasteiger partial charge in [-0.05, 0) is 23.1 Å². The van der Waals surface area contributed by atoms with Gasteiger partial charge >= 0.3 is 5.97 Å². The molecule has 1 N–H and O–H groups in total. The minimum atomic E-state index is -3.89. The molecule has 0 bridgehead atoms. The molecule has 0 radical (unpaired) electrons. The monoisotopic (exact) mass is 353 g/mol. The summed E-state index contributed by atoms with van der Waals surface area (Å²) < 4.78 is 46.8. The number of sulfonamides is 1. The SMILES string of the molecule is CN(Cc1csc(/C=C/C(=O)O)c1)S(=O)(=O)CS(C)(=O)=O. The maximum Gasteiger partial charge on any atom is 0.328 e. The van der Waals surface area contributed by atoms with Crippen molar-refractivity contribution in [2.24, 2.45) is 0 Å². The van der Waals surface area contributed by atoms with Crippen molar-refractivity contribution >= 4 is 43.2 Å². The number of aliphatic carboxylic acids is 1. The summed E-state index contributed by atoms with van der Waals surface area (Å²) in [5.74, 6) is -1.07. The highest BCUT2D eigenvalue weighted by atomic mass is 32.3. The van der Waals surface area contributed by atoms with Crippen LogP contribution in [0.3, 0.4) is 0 Å². The normalized spacial score (nSPS) is 13.1. The van der Waals surface area contributed by atoms with E-state index in [0.717, 1.165) is 16.6 Å². The number of hydrogen-bond donors (Lipinski definition) is 1. The van der Waals surface area contributed by atoms with E-state index in [1.807, 2.05) is 0 Å². The lowest BCUT2D eigenvalue weighted by atomic mass is 10.3. The van der Waals surface area contributed by atoms with E-state index in [0.29, 0.717) is 10.4 Å². The molecule has 0 fully saturated rings. The summed E-state index contributed by atoms with van der Waals surface area (Å²) >= 11 is 1.27. The van der Waals surface area contributed by atoms with Crippen LogP contribution in [0.4, 0.5) is 0 Å². The van der Waals surface area contributed by atoms with Crippen LogP contribution in [-0.4, -0.2) is 50.6 Å². The molecule has 0 aliphatic carbocycles. The predicted octanol–water partition coefficient (Wildman–Crippen LogP) is 0.610. The zero-order valence-electron chi connectivity index (χ0n) is 11.4. The van der Waals surface area contributed by atoms with Crippen molar-refractivity contribution in [3.05, 3.63) is 28.0 Å². The summed E-state index contributed by atoms with van der Waals surface area (Å²) in [4.78, 5) is 11.1. The van der Waals surface area contributed by atoms with Gasteiger partial charge in [-0.15, -0.1) is 11.3 Å². The lowest BCUT2D eigenvalue weighted by Crippen LogP contribution is -2.31. The third-order valence-corrected chi connectivity index (χ3v) is 7.24. The summed E-state index contributed by atoms with van der Waals surface area (Å²) in [5, 5.41) is 9.27. The Bertz CT molecular complexity index is 745. The number of thiophene rings is 1. The fourth-order valence-electron chi connectivity index (χ4n) is 1.43. The van der Waals surface area contributed by atoms with Crippen LogP contribution in [0.2, 0.25) is 0 Å². The standard InChI is InChI=1S/C11H15NO6S3/c1-12(21(17,18)8-20(2,15)16)6-9-5-10(19-7-9)3-4-11(13)14/h3-5,7H,6,8H2,1-2H3,(H,13,14)/b4-3+. The minimum absolute atomic E-state index is 0.0231. The summed E-state index contributed by atoms with van der Waals surface area (Å²) in [7, 11) is -6.23. The van der Waals surface area contributed by atoms with Gasteiger partial charge in [0.15, 0.2) is 14.9 Å². The van der Waals surface area contributed by atoms with E-state index in [4.69, 9.17) is 5.11 Å². The van der Waals surface area contributed by atoms with Crippen molar-refractivity contribution in [1.29, 1.82) is 0 Å². The van der Waals surface area contributed by atoms with Crippen molar-refractivity contribution in [2.45, 2.75) is 6.54 Å². The van der Waals surface area contributed by atoms with Gasteiger partial charge < -0.3 is 5.11 Å². The fourth-order valence-corrected chi connectivity index (χ4v) is 5.46. The highest BCUT2D eigenvalue weighted by Crippen LogP contribution is 2.18. The summed E-state index contributed by atoms with van der Waals surface area (Å²) in [5.41, 5.74) is 0.657. The van der Waals surface area contributed by atoms with E-state index >= 15 is 0 Å². The second kappa shape index (κ2) is 6.69. The fraction of sp³-hybridized carbons (Fsp3) is 0.364. The molecular weight excluding hydrogens is 338 g/mol. The van der Waals surface area contributed by atoms with Crippen molar-refractivity contribution in [3.8, 4) is 0 Å². The van der Waals surface area contributed by atoms with Gasteiger partial charge in [-0.1, -0.05) is 0 Å². The molecule has 7 nitrogen and oxygen atoms in total. The first-order chi connectivity index (χ1) is 9.49. The molecule has 1 heterocycles. The van der Waals surface area contributed by atoms with E-state index in [1.54, 1.807) is 11.4 Å². The second-order valence-electron chi connectivity index (χ2n) is 4.44. The van der Waals surface area contributed by atoms with Gasteiger partial charge in [0.25, 0.3) is 0 Å². The Morgan fingerprint density at radius 3 is 2.52 bits per heavy atom. The van der Waals surface area contributed by atoms with Gasteiger partial charge in [0.2, 0.25) is 10.0 Å². The number of carbonyl (C=O) groups is 1. The van der Waals surface area contributed by atoms with Crippen LogP contribution in [-0.2, 0) is 31.2 Å². The smallest absolute Gasteiger partial charge is 0.328 e. The average Bonchev–Trinajstić information content (AvgIpc) is 2.70. The molecule has 1 aromatic heterocycles. The topological polar surface area (TPSA) is 109 Å². The number of carboxylic acids is 1. The first-order valence-corrected chi connectivity index (χ1v) is 10.1. The molecule has 0 saturated heterocycles. The maximum absolute atomic E-state index is 11.8. The van der Waals surface area contributed by atoms with Crippen LogP contribution in [0.25, 0.3) is 6.08 Å². The Labute approximate surface area is 127 Å². The van der Waals surface area contributed by atoms with E-state index < -0.39 is 30.9 Å².